The van der Waals surface area contributed by atoms with Crippen LogP contribution in [0.5, 0.6) is 0 Å². The third-order valence-electron chi connectivity index (χ3n) is 3.94. The van der Waals surface area contributed by atoms with E-state index in [2.05, 4.69) is 5.32 Å². The van der Waals surface area contributed by atoms with E-state index in [1.54, 1.807) is 35.2 Å². The van der Waals surface area contributed by atoms with Crippen LogP contribution in [0.4, 0.5) is 18.0 Å². The second-order valence-corrected chi connectivity index (χ2v) is 6.09. The van der Waals surface area contributed by atoms with Gasteiger partial charge in [-0.3, -0.25) is 0 Å². The molecule has 2 rings (SSSR count). The molecule has 2 amide bonds. The minimum atomic E-state index is -4.41. The molecule has 2 aromatic carbocycles. The molecule has 0 radical (unpaired) electrons. The summed E-state index contributed by atoms with van der Waals surface area (Å²) in [5.41, 5.74) is 1.05. The van der Waals surface area contributed by atoms with Crippen molar-refractivity contribution in [3.63, 3.8) is 0 Å². The molecule has 0 saturated carbocycles. The summed E-state index contributed by atoms with van der Waals surface area (Å²) in [5.74, 6) is 0. The molecule has 0 aliphatic carbocycles. The highest BCUT2D eigenvalue weighted by Gasteiger charge is 2.30. The zero-order valence-corrected chi connectivity index (χ0v) is 14.9. The van der Waals surface area contributed by atoms with Gasteiger partial charge in [0.05, 0.1) is 17.2 Å². The first-order valence-electron chi connectivity index (χ1n) is 8.51. The summed E-state index contributed by atoms with van der Waals surface area (Å²) < 4.78 is 38.3. The van der Waals surface area contributed by atoms with E-state index in [1.165, 1.54) is 6.07 Å². The molecule has 27 heavy (non-hydrogen) atoms. The molecule has 0 unspecified atom stereocenters. The Balaban J connectivity index is 2.01. The summed E-state index contributed by atoms with van der Waals surface area (Å²) in [7, 11) is 0. The lowest BCUT2D eigenvalue weighted by atomic mass is 10.1. The minimum absolute atomic E-state index is 0.0103. The molecule has 2 aromatic rings. The molecule has 0 aliphatic rings. The fourth-order valence-electron chi connectivity index (χ4n) is 2.57. The monoisotopic (exact) mass is 375 g/mol. The van der Waals surface area contributed by atoms with E-state index in [0.29, 0.717) is 24.2 Å². The Hall–Kier alpha value is -3.01. The molecule has 0 saturated heterocycles. The van der Waals surface area contributed by atoms with Crippen LogP contribution in [0.25, 0.3) is 0 Å². The molecule has 4 nitrogen and oxygen atoms in total. The number of alkyl halides is 3. The lowest BCUT2D eigenvalue weighted by Gasteiger charge is -2.23. The van der Waals surface area contributed by atoms with Gasteiger partial charge in [-0.05, 0) is 41.8 Å². The Bertz CT molecular complexity index is 810. The van der Waals surface area contributed by atoms with E-state index >= 15 is 0 Å². The standard InChI is InChI=1S/C20H20F3N3O/c1-2-10-26(14-16-8-6-15(12-24)7-9-16)19(27)25-13-17-4-3-5-18(11-17)20(21,22)23/h3-9,11H,2,10,13-14H2,1H3,(H,25,27). The summed E-state index contributed by atoms with van der Waals surface area (Å²) >= 11 is 0. The smallest absolute Gasteiger partial charge is 0.334 e. The quantitative estimate of drug-likeness (QED) is 0.796. The van der Waals surface area contributed by atoms with Crippen LogP contribution < -0.4 is 5.32 Å². The molecule has 0 spiro atoms. The molecular formula is C20H20F3N3O. The van der Waals surface area contributed by atoms with Crippen molar-refractivity contribution in [2.75, 3.05) is 6.54 Å². The second-order valence-electron chi connectivity index (χ2n) is 6.09. The van der Waals surface area contributed by atoms with Crippen molar-refractivity contribution in [2.24, 2.45) is 0 Å². The highest BCUT2D eigenvalue weighted by atomic mass is 19.4. The van der Waals surface area contributed by atoms with Gasteiger partial charge in [0, 0.05) is 19.6 Å². The normalized spacial score (nSPS) is 10.9. The van der Waals surface area contributed by atoms with Crippen LogP contribution in [0.2, 0.25) is 0 Å². The Morgan fingerprint density at radius 2 is 1.85 bits per heavy atom. The average molecular weight is 375 g/mol. The maximum Gasteiger partial charge on any atom is 0.416 e. The minimum Gasteiger partial charge on any atom is -0.334 e. The van der Waals surface area contributed by atoms with Gasteiger partial charge >= 0.3 is 12.2 Å². The maximum atomic E-state index is 12.8. The van der Waals surface area contributed by atoms with E-state index < -0.39 is 11.7 Å². The zero-order chi connectivity index (χ0) is 19.9. The number of nitrogens with one attached hydrogen (secondary N) is 1. The SMILES string of the molecule is CCCN(Cc1ccc(C#N)cc1)C(=O)NCc1cccc(C(F)(F)F)c1. The first-order chi connectivity index (χ1) is 12.8. The lowest BCUT2D eigenvalue weighted by molar-refractivity contribution is -0.137. The zero-order valence-electron chi connectivity index (χ0n) is 14.9. The number of halogens is 3. The molecule has 0 aliphatic heterocycles. The summed E-state index contributed by atoms with van der Waals surface area (Å²) in [5, 5.41) is 11.5. The number of benzene rings is 2. The van der Waals surface area contributed by atoms with Crippen molar-refractivity contribution < 1.29 is 18.0 Å². The number of nitriles is 1. The molecule has 0 atom stereocenters. The molecule has 7 heteroatoms. The number of amides is 2. The van der Waals surface area contributed by atoms with Crippen molar-refractivity contribution in [1.29, 1.82) is 5.26 Å². The number of rotatable bonds is 6. The van der Waals surface area contributed by atoms with Crippen LogP contribution >= 0.6 is 0 Å². The Morgan fingerprint density at radius 3 is 2.44 bits per heavy atom. The molecule has 1 N–H and O–H groups in total. The highest BCUT2D eigenvalue weighted by molar-refractivity contribution is 5.74. The van der Waals surface area contributed by atoms with Gasteiger partial charge in [-0.1, -0.05) is 31.2 Å². The molecule has 0 fully saturated rings. The summed E-state index contributed by atoms with van der Waals surface area (Å²) in [6.45, 7) is 2.81. The van der Waals surface area contributed by atoms with E-state index in [1.807, 2.05) is 13.0 Å². The van der Waals surface area contributed by atoms with Gasteiger partial charge in [0.1, 0.15) is 0 Å². The number of hydrogen-bond acceptors (Lipinski definition) is 2. The fourth-order valence-corrected chi connectivity index (χ4v) is 2.57. The lowest BCUT2D eigenvalue weighted by Crippen LogP contribution is -2.39. The topological polar surface area (TPSA) is 56.1 Å². The van der Waals surface area contributed by atoms with Crippen LogP contribution in [0.1, 0.15) is 35.6 Å². The van der Waals surface area contributed by atoms with Crippen molar-refractivity contribution in [3.05, 3.63) is 70.8 Å². The van der Waals surface area contributed by atoms with Gasteiger partial charge in [0.15, 0.2) is 0 Å². The number of carbonyl (C=O) groups is 1. The molecular weight excluding hydrogens is 355 g/mol. The average Bonchev–Trinajstić information content (AvgIpc) is 2.66. The van der Waals surface area contributed by atoms with E-state index in [4.69, 9.17) is 5.26 Å². The van der Waals surface area contributed by atoms with Crippen LogP contribution in [0.15, 0.2) is 48.5 Å². The van der Waals surface area contributed by atoms with E-state index in [-0.39, 0.29) is 12.6 Å². The van der Waals surface area contributed by atoms with Crippen molar-refractivity contribution >= 4 is 6.03 Å². The van der Waals surface area contributed by atoms with Crippen LogP contribution in [0, 0.1) is 11.3 Å². The predicted molar refractivity (Wildman–Crippen MR) is 95.5 cm³/mol. The highest BCUT2D eigenvalue weighted by Crippen LogP contribution is 2.29. The predicted octanol–water partition coefficient (Wildman–Crippen LogP) is 4.70. The molecule has 0 bridgehead atoms. The third-order valence-corrected chi connectivity index (χ3v) is 3.94. The van der Waals surface area contributed by atoms with Crippen molar-refractivity contribution in [3.8, 4) is 6.07 Å². The summed E-state index contributed by atoms with van der Waals surface area (Å²) in [6.07, 6.45) is -3.67. The molecule has 0 heterocycles. The van der Waals surface area contributed by atoms with Crippen LogP contribution in [-0.4, -0.2) is 17.5 Å². The Labute approximate surface area is 156 Å². The number of nitrogens with zero attached hydrogens (tertiary/aromatic N) is 2. The van der Waals surface area contributed by atoms with Gasteiger partial charge in [0.2, 0.25) is 0 Å². The first kappa shape index (κ1) is 20.3. The summed E-state index contributed by atoms with van der Waals surface area (Å²) in [4.78, 5) is 14.0. The van der Waals surface area contributed by atoms with Gasteiger partial charge in [0.25, 0.3) is 0 Å². The van der Waals surface area contributed by atoms with Gasteiger partial charge in [-0.2, -0.15) is 18.4 Å². The molecule has 142 valence electrons. The largest absolute Gasteiger partial charge is 0.416 e. The maximum absolute atomic E-state index is 12.8. The van der Waals surface area contributed by atoms with Gasteiger partial charge < -0.3 is 10.2 Å². The van der Waals surface area contributed by atoms with Crippen LogP contribution in [0.3, 0.4) is 0 Å². The number of urea groups is 1. The van der Waals surface area contributed by atoms with Crippen molar-refractivity contribution in [1.82, 2.24) is 10.2 Å². The van der Waals surface area contributed by atoms with E-state index in [0.717, 1.165) is 24.1 Å². The van der Waals surface area contributed by atoms with Gasteiger partial charge in [-0.15, -0.1) is 0 Å². The first-order valence-corrected chi connectivity index (χ1v) is 8.51. The molecule has 0 aromatic heterocycles. The van der Waals surface area contributed by atoms with Gasteiger partial charge in [-0.25, -0.2) is 4.79 Å². The Morgan fingerprint density at radius 1 is 1.15 bits per heavy atom. The van der Waals surface area contributed by atoms with Crippen LogP contribution in [-0.2, 0) is 19.3 Å². The summed E-state index contributed by atoms with van der Waals surface area (Å²) in [6, 6.07) is 13.5. The van der Waals surface area contributed by atoms with Crippen molar-refractivity contribution in [2.45, 2.75) is 32.6 Å². The Kier molecular flexibility index (Phi) is 6.83. The number of hydrogen-bond donors (Lipinski definition) is 1. The third kappa shape index (κ3) is 6.03. The second kappa shape index (κ2) is 9.08. The van der Waals surface area contributed by atoms with E-state index in [9.17, 15) is 18.0 Å². The fraction of sp³-hybridized carbons (Fsp3) is 0.300. The number of carbonyl (C=O) groups excluding carboxylic acids is 1.